The van der Waals surface area contributed by atoms with Gasteiger partial charge < -0.3 is 28.9 Å². The Labute approximate surface area is 308 Å². The zero-order valence-corrected chi connectivity index (χ0v) is 29.3. The second-order valence-corrected chi connectivity index (χ2v) is 13.1. The van der Waals surface area contributed by atoms with E-state index in [0.29, 0.717) is 43.7 Å². The van der Waals surface area contributed by atoms with Crippen LogP contribution >= 0.6 is 0 Å². The van der Waals surface area contributed by atoms with Gasteiger partial charge in [-0.2, -0.15) is 26.3 Å². The molecule has 1 aromatic heterocycles. The molecule has 15 heteroatoms. The van der Waals surface area contributed by atoms with Crippen molar-refractivity contribution >= 4 is 17.5 Å². The van der Waals surface area contributed by atoms with Crippen LogP contribution in [0.5, 0.6) is 11.5 Å². The zero-order valence-electron chi connectivity index (χ0n) is 29.3. The number of likely N-dealkylation sites (tertiary alicyclic amines) is 1. The molecule has 54 heavy (non-hydrogen) atoms. The van der Waals surface area contributed by atoms with Gasteiger partial charge in [0.2, 0.25) is 5.60 Å². The van der Waals surface area contributed by atoms with Gasteiger partial charge in [0, 0.05) is 64.6 Å². The van der Waals surface area contributed by atoms with Crippen LogP contribution in [0.1, 0.15) is 39.4 Å². The van der Waals surface area contributed by atoms with Gasteiger partial charge in [-0.3, -0.25) is 14.6 Å². The Morgan fingerprint density at radius 3 is 2.17 bits per heavy atom. The molecular weight excluding hydrogens is 718 g/mol. The average molecular weight is 757 g/mol. The first kappa shape index (κ1) is 38.4. The average Bonchev–Trinajstić information content (AvgIpc) is 3.17. The third-order valence-corrected chi connectivity index (χ3v) is 9.58. The molecule has 2 atom stereocenters. The first-order valence-electron chi connectivity index (χ1n) is 17.3. The lowest BCUT2D eigenvalue weighted by Gasteiger charge is -2.48. The topological polar surface area (TPSA) is 84.4 Å². The van der Waals surface area contributed by atoms with Crippen LogP contribution in [0.4, 0.5) is 32.0 Å². The second kappa shape index (κ2) is 16.0. The number of ether oxygens (including phenoxy) is 3. The van der Waals surface area contributed by atoms with E-state index in [2.05, 4.69) is 9.88 Å². The Morgan fingerprint density at radius 2 is 1.50 bits per heavy atom. The normalized spacial score (nSPS) is 19.4. The van der Waals surface area contributed by atoms with Gasteiger partial charge in [0.05, 0.1) is 35.5 Å². The van der Waals surface area contributed by atoms with Gasteiger partial charge in [-0.15, -0.1) is 0 Å². The molecule has 2 aliphatic heterocycles. The number of anilines is 1. The summed E-state index contributed by atoms with van der Waals surface area (Å²) in [4.78, 5) is 37.6. The minimum Gasteiger partial charge on any atom is -0.489 e. The number of alkyl halides is 6. The summed E-state index contributed by atoms with van der Waals surface area (Å²) in [5.74, 6) is -1.61. The number of methoxy groups -OCH3 is 1. The predicted molar refractivity (Wildman–Crippen MR) is 186 cm³/mol. The van der Waals surface area contributed by atoms with Gasteiger partial charge in [0.1, 0.15) is 18.1 Å². The van der Waals surface area contributed by atoms with Gasteiger partial charge in [0.15, 0.2) is 0 Å². The van der Waals surface area contributed by atoms with E-state index in [0.717, 1.165) is 47.2 Å². The Bertz CT molecular complexity index is 1900. The molecule has 0 spiro atoms. The van der Waals surface area contributed by atoms with Crippen LogP contribution in [-0.4, -0.2) is 91.8 Å². The number of halogens is 6. The summed E-state index contributed by atoms with van der Waals surface area (Å²) in [6.45, 7) is 1.34. The van der Waals surface area contributed by atoms with E-state index in [-0.39, 0.29) is 31.8 Å². The summed E-state index contributed by atoms with van der Waals surface area (Å²) in [5.41, 5.74) is -3.22. The maximum absolute atomic E-state index is 14.9. The molecule has 3 aromatic carbocycles. The number of pyridine rings is 1. The molecular formula is C39H38F6N4O5. The van der Waals surface area contributed by atoms with Crippen molar-refractivity contribution in [3.05, 3.63) is 120 Å². The van der Waals surface area contributed by atoms with E-state index in [1.165, 1.54) is 0 Å². The molecule has 0 saturated carbocycles. The first-order valence-corrected chi connectivity index (χ1v) is 17.3. The fourth-order valence-corrected chi connectivity index (χ4v) is 6.98. The number of carbonyl (C=O) groups excluding carboxylic acids is 2. The molecule has 9 nitrogen and oxygen atoms in total. The van der Waals surface area contributed by atoms with Crippen molar-refractivity contribution in [2.75, 3.05) is 64.5 Å². The Balaban J connectivity index is 1.36. The fraction of sp³-hybridized carbons (Fsp3) is 0.359. The summed E-state index contributed by atoms with van der Waals surface area (Å²) < 4.78 is 100. The molecule has 3 heterocycles. The van der Waals surface area contributed by atoms with Crippen LogP contribution in [0, 0.1) is 0 Å². The first-order chi connectivity index (χ1) is 25.8. The number of para-hydroxylation sites is 2. The monoisotopic (exact) mass is 756 g/mol. The Hall–Kier alpha value is -5.31. The minimum atomic E-state index is -4.88. The van der Waals surface area contributed by atoms with Crippen LogP contribution in [-0.2, 0) is 21.9 Å². The number of nitrogens with zero attached hydrogens (tertiary/aromatic N) is 4. The fourth-order valence-electron chi connectivity index (χ4n) is 6.98. The number of benzene rings is 3. The lowest BCUT2D eigenvalue weighted by Crippen LogP contribution is -2.65. The quantitative estimate of drug-likeness (QED) is 0.128. The van der Waals surface area contributed by atoms with Crippen molar-refractivity contribution < 1.29 is 50.1 Å². The third kappa shape index (κ3) is 8.56. The number of amides is 2. The number of piperidine rings is 1. The van der Waals surface area contributed by atoms with Crippen molar-refractivity contribution in [2.45, 2.75) is 30.3 Å². The number of rotatable bonds is 10. The molecule has 2 amide bonds. The number of piperazine rings is 1. The number of carbonyl (C=O) groups is 2. The molecule has 6 rings (SSSR count). The number of hydrogen-bond acceptors (Lipinski definition) is 7. The standard InChI is InChI=1S/C39H38F6N4O5/c1-52-21-22-53-34-10-6-5-9-33(34)47-17-19-48(20-18-47)36(51)37(54-30-13-11-29(12-14-30)38(40,41)42)23-28(27-7-3-2-4-8-27)25-49(26-37)35(50)31-24-46-16-15-32(31)39(43,44)45/h2-16,24,28H,17-23,25-26H2,1H3/t28-,37?/m0/s1. The highest BCUT2D eigenvalue weighted by Crippen LogP contribution is 2.41. The van der Waals surface area contributed by atoms with E-state index in [1.807, 2.05) is 24.3 Å². The second-order valence-electron chi connectivity index (χ2n) is 13.1. The lowest BCUT2D eigenvalue weighted by molar-refractivity contribution is -0.154. The zero-order chi connectivity index (χ0) is 38.5. The van der Waals surface area contributed by atoms with Crippen LogP contribution in [0.3, 0.4) is 0 Å². The van der Waals surface area contributed by atoms with Crippen LogP contribution in [0.2, 0.25) is 0 Å². The van der Waals surface area contributed by atoms with Gasteiger partial charge in [0.25, 0.3) is 11.8 Å². The van der Waals surface area contributed by atoms with E-state index in [4.69, 9.17) is 14.2 Å². The lowest BCUT2D eigenvalue weighted by atomic mass is 9.80. The molecule has 1 unspecified atom stereocenters. The van der Waals surface area contributed by atoms with Crippen LogP contribution < -0.4 is 14.4 Å². The smallest absolute Gasteiger partial charge is 0.417 e. The predicted octanol–water partition coefficient (Wildman–Crippen LogP) is 6.94. The molecule has 0 aliphatic carbocycles. The van der Waals surface area contributed by atoms with Crippen LogP contribution in [0.15, 0.2) is 97.3 Å². The highest BCUT2D eigenvalue weighted by atomic mass is 19.4. The van der Waals surface area contributed by atoms with Gasteiger partial charge in [-0.25, -0.2) is 0 Å². The Kier molecular flexibility index (Phi) is 11.4. The highest BCUT2D eigenvalue weighted by molar-refractivity contribution is 5.97. The van der Waals surface area contributed by atoms with Gasteiger partial charge >= 0.3 is 12.4 Å². The van der Waals surface area contributed by atoms with Crippen molar-refractivity contribution in [1.82, 2.24) is 14.8 Å². The minimum absolute atomic E-state index is 0.0177. The Morgan fingerprint density at radius 1 is 0.815 bits per heavy atom. The molecule has 0 bridgehead atoms. The van der Waals surface area contributed by atoms with Crippen molar-refractivity contribution in [3.63, 3.8) is 0 Å². The summed E-state index contributed by atoms with van der Waals surface area (Å²) in [6.07, 6.45) is -7.75. The molecule has 2 aliphatic rings. The van der Waals surface area contributed by atoms with E-state index in [9.17, 15) is 35.9 Å². The molecule has 2 fully saturated rings. The summed E-state index contributed by atoms with van der Waals surface area (Å²) in [6, 6.07) is 20.8. The maximum atomic E-state index is 14.9. The van der Waals surface area contributed by atoms with E-state index < -0.39 is 58.9 Å². The van der Waals surface area contributed by atoms with Crippen molar-refractivity contribution in [3.8, 4) is 11.5 Å². The third-order valence-electron chi connectivity index (χ3n) is 9.58. The molecule has 0 N–H and O–H groups in total. The van der Waals surface area contributed by atoms with E-state index in [1.54, 1.807) is 42.3 Å². The highest BCUT2D eigenvalue weighted by Gasteiger charge is 2.52. The largest absolute Gasteiger partial charge is 0.489 e. The molecule has 4 aromatic rings. The van der Waals surface area contributed by atoms with Crippen LogP contribution in [0.25, 0.3) is 0 Å². The number of hydrogen-bond donors (Lipinski definition) is 0. The molecule has 286 valence electrons. The van der Waals surface area contributed by atoms with Gasteiger partial charge in [-0.05, 0) is 48.0 Å². The summed E-state index contributed by atoms with van der Waals surface area (Å²) >= 11 is 0. The SMILES string of the molecule is COCCOc1ccccc1N1CCN(C(=O)C2(Oc3ccc(C(F)(F)F)cc3)C[C@H](c3ccccc3)CN(C(=O)c3cnccc3C(F)(F)F)C2)CC1. The van der Waals surface area contributed by atoms with Gasteiger partial charge in [-0.1, -0.05) is 42.5 Å². The van der Waals surface area contributed by atoms with E-state index >= 15 is 0 Å². The summed E-state index contributed by atoms with van der Waals surface area (Å²) in [5, 5.41) is 0. The molecule has 2 saturated heterocycles. The van der Waals surface area contributed by atoms with Crippen molar-refractivity contribution in [1.29, 1.82) is 0 Å². The molecule has 0 radical (unpaired) electrons. The summed E-state index contributed by atoms with van der Waals surface area (Å²) in [7, 11) is 1.57. The van der Waals surface area contributed by atoms with Crippen molar-refractivity contribution in [2.24, 2.45) is 0 Å². The maximum Gasteiger partial charge on any atom is 0.417 e. The number of aromatic nitrogens is 1.